The summed E-state index contributed by atoms with van der Waals surface area (Å²) in [5, 5.41) is 30.8. The molecule has 67 heavy (non-hydrogen) atoms. The first-order valence-electron chi connectivity index (χ1n) is 26.9. The predicted octanol–water partition coefficient (Wildman–Crippen LogP) is 12.7. The largest absolute Gasteiger partial charge is 0.457 e. The zero-order valence-electron chi connectivity index (χ0n) is 42.2. The minimum atomic E-state index is -5.07. The third kappa shape index (κ3) is 38.5. The normalized spacial score (nSPS) is 19.8. The van der Waals surface area contributed by atoms with E-state index in [0.29, 0.717) is 13.0 Å². The van der Waals surface area contributed by atoms with Gasteiger partial charge in [0, 0.05) is 13.0 Å². The average molecular weight is 971 g/mol. The molecule has 6 atom stereocenters. The van der Waals surface area contributed by atoms with Gasteiger partial charge in [0.1, 0.15) is 30.5 Å². The molecule has 0 radical (unpaired) electrons. The summed E-state index contributed by atoms with van der Waals surface area (Å²) < 4.78 is 59.3. The van der Waals surface area contributed by atoms with Crippen molar-refractivity contribution in [1.29, 1.82) is 0 Å². The second-order valence-corrected chi connectivity index (χ2v) is 19.5. The van der Waals surface area contributed by atoms with E-state index < -0.39 is 59.8 Å². The van der Waals surface area contributed by atoms with E-state index in [4.69, 9.17) is 18.9 Å². The fourth-order valence-electron chi connectivity index (χ4n) is 8.20. The van der Waals surface area contributed by atoms with Crippen LogP contribution < -0.4 is 0 Å². The van der Waals surface area contributed by atoms with Crippen LogP contribution in [0.5, 0.6) is 0 Å². The van der Waals surface area contributed by atoms with Crippen LogP contribution >= 0.6 is 0 Å². The van der Waals surface area contributed by atoms with Crippen molar-refractivity contribution in [2.24, 2.45) is 0 Å². The summed E-state index contributed by atoms with van der Waals surface area (Å²) in [5.41, 5.74) is 0. The number of allylic oxidation sites excluding steroid dienone is 8. The van der Waals surface area contributed by atoms with Crippen LogP contribution in [0.4, 0.5) is 0 Å². The number of hydrogen-bond donors (Lipinski definition) is 4. The van der Waals surface area contributed by atoms with Gasteiger partial charge in [0.2, 0.25) is 0 Å². The summed E-state index contributed by atoms with van der Waals surface area (Å²) in [6, 6.07) is 0. The van der Waals surface area contributed by atoms with Gasteiger partial charge in [0.25, 0.3) is 0 Å². The highest BCUT2D eigenvalue weighted by Crippen LogP contribution is 2.26. The average Bonchev–Trinajstić information content (AvgIpc) is 3.30. The minimum absolute atomic E-state index is 0.0333. The number of aliphatic hydroxyl groups is 3. The summed E-state index contributed by atoms with van der Waals surface area (Å²) in [4.78, 5) is 12.9. The first-order valence-corrected chi connectivity index (χ1v) is 28.3. The highest BCUT2D eigenvalue weighted by molar-refractivity contribution is 7.80. The molecule has 0 bridgehead atoms. The summed E-state index contributed by atoms with van der Waals surface area (Å²) in [6.07, 6.45) is 47.1. The van der Waals surface area contributed by atoms with Gasteiger partial charge < -0.3 is 34.3 Å². The lowest BCUT2D eigenvalue weighted by atomic mass is 9.99. The van der Waals surface area contributed by atoms with E-state index in [0.717, 1.165) is 70.6 Å². The van der Waals surface area contributed by atoms with Gasteiger partial charge in [-0.2, -0.15) is 8.42 Å². The number of unbranched alkanes of at least 4 members (excludes halogenated alkanes) is 26. The Morgan fingerprint density at radius 3 is 1.51 bits per heavy atom. The van der Waals surface area contributed by atoms with E-state index in [1.807, 2.05) is 0 Å². The molecule has 4 N–H and O–H groups in total. The van der Waals surface area contributed by atoms with Gasteiger partial charge in [0.15, 0.2) is 6.29 Å². The SMILES string of the molecule is CC/C=C\C/C=C\C/C=C\C/C=C\CCCCCCCCCCCOCC(COC1OC(CO)C(O)C(OS(=O)(=O)O)C1O)OC(=O)CCCCCCCCCCCCCCCCCCCC. The molecule has 13 heteroatoms. The molecule has 0 saturated carbocycles. The van der Waals surface area contributed by atoms with Gasteiger partial charge in [-0.25, -0.2) is 4.18 Å². The topological polar surface area (TPSA) is 178 Å². The molecule has 0 aromatic rings. The number of esters is 1. The maximum Gasteiger partial charge on any atom is 0.397 e. The van der Waals surface area contributed by atoms with Crippen molar-refractivity contribution in [3.63, 3.8) is 0 Å². The number of hydrogen-bond acceptors (Lipinski definition) is 11. The van der Waals surface area contributed by atoms with Crippen LogP contribution in [0.3, 0.4) is 0 Å². The Bertz CT molecular complexity index is 1350. The molecule has 12 nitrogen and oxygen atoms in total. The van der Waals surface area contributed by atoms with E-state index >= 15 is 0 Å². The van der Waals surface area contributed by atoms with E-state index in [1.165, 1.54) is 128 Å². The molecule has 0 amide bonds. The molecular formula is C54H98O12S. The molecule has 0 spiro atoms. The van der Waals surface area contributed by atoms with Gasteiger partial charge in [-0.15, -0.1) is 0 Å². The minimum Gasteiger partial charge on any atom is -0.457 e. The van der Waals surface area contributed by atoms with E-state index in [2.05, 4.69) is 66.6 Å². The predicted molar refractivity (Wildman–Crippen MR) is 271 cm³/mol. The Morgan fingerprint density at radius 2 is 1.03 bits per heavy atom. The Balaban J connectivity index is 2.33. The van der Waals surface area contributed by atoms with E-state index in [9.17, 15) is 33.1 Å². The lowest BCUT2D eigenvalue weighted by Gasteiger charge is -2.41. The zero-order chi connectivity index (χ0) is 48.9. The van der Waals surface area contributed by atoms with Crippen molar-refractivity contribution >= 4 is 16.4 Å². The molecule has 1 heterocycles. The fraction of sp³-hybridized carbons (Fsp3) is 0.833. The van der Waals surface area contributed by atoms with Crippen LogP contribution in [0.1, 0.15) is 226 Å². The van der Waals surface area contributed by atoms with Crippen molar-refractivity contribution in [2.75, 3.05) is 26.4 Å². The van der Waals surface area contributed by atoms with Crippen molar-refractivity contribution in [2.45, 2.75) is 263 Å². The lowest BCUT2D eigenvalue weighted by Crippen LogP contribution is -2.60. The van der Waals surface area contributed by atoms with Gasteiger partial charge >= 0.3 is 16.4 Å². The molecular weight excluding hydrogens is 873 g/mol. The third-order valence-electron chi connectivity index (χ3n) is 12.2. The van der Waals surface area contributed by atoms with Gasteiger partial charge in [0.05, 0.1) is 19.8 Å². The molecule has 0 aromatic heterocycles. The van der Waals surface area contributed by atoms with E-state index in [1.54, 1.807) is 0 Å². The molecule has 392 valence electrons. The summed E-state index contributed by atoms with van der Waals surface area (Å²) in [5.74, 6) is -0.398. The van der Waals surface area contributed by atoms with Crippen LogP contribution in [0.2, 0.25) is 0 Å². The standard InChI is InChI=1S/C54H98O12S/c1-3-5-7-9-11-13-15-17-19-21-23-24-25-26-28-30-32-34-36-38-40-42-44-62-46-48(47-63-54-52(58)53(66-67(59,60)61)51(57)49(45-55)65-54)64-50(56)43-41-39-37-35-33-31-29-27-22-20-18-16-14-12-10-8-6-4-2/h5,7,11,13,17,19,23-24,48-49,51-55,57-58H,3-4,6,8-10,12,14-16,18,20-22,25-47H2,1-2H3,(H,59,60,61)/b7-5-,13-11-,19-17-,24-23-. The number of carbonyl (C=O) groups excluding carboxylic acids is 1. The van der Waals surface area contributed by atoms with Crippen molar-refractivity contribution < 1.29 is 56.2 Å². The smallest absolute Gasteiger partial charge is 0.397 e. The molecule has 1 rings (SSSR count). The van der Waals surface area contributed by atoms with Crippen molar-refractivity contribution in [1.82, 2.24) is 0 Å². The lowest BCUT2D eigenvalue weighted by molar-refractivity contribution is -0.301. The Morgan fingerprint density at radius 1 is 0.582 bits per heavy atom. The van der Waals surface area contributed by atoms with Crippen molar-refractivity contribution in [3.8, 4) is 0 Å². The fourth-order valence-corrected chi connectivity index (χ4v) is 8.70. The maximum atomic E-state index is 12.9. The quantitative estimate of drug-likeness (QED) is 0.0197. The summed E-state index contributed by atoms with van der Waals surface area (Å²) in [6.45, 7) is 3.90. The summed E-state index contributed by atoms with van der Waals surface area (Å²) >= 11 is 0. The number of carbonyl (C=O) groups is 1. The second kappa shape index (κ2) is 45.2. The van der Waals surface area contributed by atoms with Gasteiger partial charge in [-0.1, -0.05) is 217 Å². The Hall–Kier alpha value is -1.94. The van der Waals surface area contributed by atoms with Crippen LogP contribution in [0, 0.1) is 0 Å². The number of ether oxygens (including phenoxy) is 4. The monoisotopic (exact) mass is 971 g/mol. The summed E-state index contributed by atoms with van der Waals surface area (Å²) in [7, 11) is -5.07. The third-order valence-corrected chi connectivity index (χ3v) is 12.7. The molecule has 0 aliphatic carbocycles. The van der Waals surface area contributed by atoms with Crippen LogP contribution in [0.25, 0.3) is 0 Å². The molecule has 1 fully saturated rings. The van der Waals surface area contributed by atoms with E-state index in [-0.39, 0.29) is 19.6 Å². The number of rotatable bonds is 47. The van der Waals surface area contributed by atoms with Crippen molar-refractivity contribution in [3.05, 3.63) is 48.6 Å². The molecule has 0 aromatic carbocycles. The van der Waals surface area contributed by atoms with Crippen LogP contribution in [-0.2, 0) is 38.3 Å². The second-order valence-electron chi connectivity index (χ2n) is 18.4. The number of aliphatic hydroxyl groups excluding tert-OH is 3. The van der Waals surface area contributed by atoms with Gasteiger partial charge in [-0.05, 0) is 51.4 Å². The van der Waals surface area contributed by atoms with Crippen LogP contribution in [-0.4, -0.2) is 97.5 Å². The molecule has 6 unspecified atom stereocenters. The first kappa shape index (κ1) is 63.1. The van der Waals surface area contributed by atoms with Gasteiger partial charge in [-0.3, -0.25) is 9.35 Å². The molecule has 1 aliphatic rings. The highest BCUT2D eigenvalue weighted by atomic mass is 32.3. The van der Waals surface area contributed by atoms with Crippen LogP contribution in [0.15, 0.2) is 48.6 Å². The first-order chi connectivity index (χ1) is 32.6. The highest BCUT2D eigenvalue weighted by Gasteiger charge is 2.48. The Labute approximate surface area is 408 Å². The maximum absolute atomic E-state index is 12.9. The Kier molecular flexibility index (Phi) is 42.6. The molecule has 1 aliphatic heterocycles. The zero-order valence-corrected chi connectivity index (χ0v) is 43.0. The molecule has 1 saturated heterocycles.